The van der Waals surface area contributed by atoms with Crippen molar-refractivity contribution in [2.45, 2.75) is 37.8 Å². The molecule has 1 aliphatic carbocycles. The second kappa shape index (κ2) is 5.40. The lowest BCUT2D eigenvalue weighted by Gasteiger charge is -2.24. The second-order valence-corrected chi connectivity index (χ2v) is 5.86. The molecule has 0 radical (unpaired) electrons. The van der Waals surface area contributed by atoms with E-state index in [1.807, 2.05) is 12.4 Å². The molecule has 2 N–H and O–H groups in total. The highest BCUT2D eigenvalue weighted by Crippen LogP contribution is 2.32. The van der Waals surface area contributed by atoms with E-state index in [2.05, 4.69) is 33.2 Å². The highest BCUT2D eigenvalue weighted by atomic mass is 16.5. The zero-order valence-corrected chi connectivity index (χ0v) is 12.3. The van der Waals surface area contributed by atoms with Crippen molar-refractivity contribution >= 4 is 6.02 Å². The van der Waals surface area contributed by atoms with Gasteiger partial charge in [-0.1, -0.05) is 18.2 Å². The summed E-state index contributed by atoms with van der Waals surface area (Å²) in [5, 5.41) is 0. The number of benzene rings is 1. The third-order valence-electron chi connectivity index (χ3n) is 4.49. The number of hydrogen-bond donors (Lipinski definition) is 1. The Morgan fingerprint density at radius 1 is 1.18 bits per heavy atom. The number of nitrogens with two attached hydrogens (primary N) is 1. The lowest BCUT2D eigenvalue weighted by molar-refractivity contribution is 0.182. The van der Waals surface area contributed by atoms with E-state index in [9.17, 15) is 0 Å². The van der Waals surface area contributed by atoms with Crippen LogP contribution in [0.5, 0.6) is 0 Å². The van der Waals surface area contributed by atoms with Crippen LogP contribution in [-0.4, -0.2) is 28.1 Å². The van der Waals surface area contributed by atoms with Gasteiger partial charge in [0.25, 0.3) is 6.02 Å². The number of nitrogens with zero attached hydrogens (tertiary/aromatic N) is 3. The molecule has 0 amide bonds. The Hall–Kier alpha value is -2.43. The Morgan fingerprint density at radius 2 is 2.05 bits per heavy atom. The fraction of sp³-hybridized carbons (Fsp3) is 0.353. The summed E-state index contributed by atoms with van der Waals surface area (Å²) in [5.41, 5.74) is 10.7. The molecule has 1 aliphatic heterocycles. The van der Waals surface area contributed by atoms with E-state index in [4.69, 9.17) is 10.5 Å². The van der Waals surface area contributed by atoms with Gasteiger partial charge >= 0.3 is 0 Å². The van der Waals surface area contributed by atoms with Crippen LogP contribution >= 0.6 is 0 Å². The summed E-state index contributed by atoms with van der Waals surface area (Å²) in [6, 6.07) is 6.97. The van der Waals surface area contributed by atoms with Gasteiger partial charge in [-0.15, -0.1) is 0 Å². The molecule has 112 valence electrons. The normalized spacial score (nSPS) is 23.5. The Bertz CT molecular complexity index is 714. The minimum absolute atomic E-state index is 0.0707. The summed E-state index contributed by atoms with van der Waals surface area (Å²) >= 11 is 0. The van der Waals surface area contributed by atoms with Crippen molar-refractivity contribution in [3.63, 3.8) is 0 Å². The summed E-state index contributed by atoms with van der Waals surface area (Å²) in [7, 11) is 0. The number of amidine groups is 1. The summed E-state index contributed by atoms with van der Waals surface area (Å²) in [6.07, 6.45) is 9.37. The Kier molecular flexibility index (Phi) is 3.25. The van der Waals surface area contributed by atoms with Crippen LogP contribution in [0.3, 0.4) is 0 Å². The standard InChI is InChI=1S/C17H18N4O/c18-17-21-15-6-2-5-13-11(7-16(15)22-17)3-1-4-14(13)12-8-19-10-20-9-12/h1,3-4,8-10,15-16H,2,5-7H2,(H2,18,21). The topological polar surface area (TPSA) is 73.4 Å². The molecular weight excluding hydrogens is 276 g/mol. The molecule has 0 bridgehead atoms. The summed E-state index contributed by atoms with van der Waals surface area (Å²) in [5.74, 6) is 0. The van der Waals surface area contributed by atoms with Crippen LogP contribution in [0.1, 0.15) is 24.0 Å². The number of rotatable bonds is 1. The molecule has 2 unspecified atom stereocenters. The van der Waals surface area contributed by atoms with Crippen molar-refractivity contribution < 1.29 is 4.74 Å². The molecule has 0 fully saturated rings. The zero-order valence-electron chi connectivity index (χ0n) is 12.3. The predicted octanol–water partition coefficient (Wildman–Crippen LogP) is 2.10. The molecule has 1 aromatic heterocycles. The Labute approximate surface area is 129 Å². The van der Waals surface area contributed by atoms with E-state index in [1.54, 1.807) is 6.33 Å². The van der Waals surface area contributed by atoms with Gasteiger partial charge in [-0.25, -0.2) is 15.0 Å². The van der Waals surface area contributed by atoms with Crippen molar-refractivity contribution in [2.75, 3.05) is 0 Å². The minimum atomic E-state index is 0.0707. The Balaban J connectivity index is 1.73. The molecule has 2 aromatic rings. The molecule has 4 rings (SSSR count). The van der Waals surface area contributed by atoms with Gasteiger partial charge < -0.3 is 10.5 Å². The van der Waals surface area contributed by atoms with Crippen molar-refractivity contribution in [3.05, 3.63) is 48.0 Å². The average Bonchev–Trinajstić information content (AvgIpc) is 2.86. The van der Waals surface area contributed by atoms with Gasteiger partial charge in [0.1, 0.15) is 12.4 Å². The molecule has 5 nitrogen and oxygen atoms in total. The fourth-order valence-corrected chi connectivity index (χ4v) is 3.47. The van der Waals surface area contributed by atoms with Crippen LogP contribution in [-0.2, 0) is 17.6 Å². The monoisotopic (exact) mass is 294 g/mol. The molecule has 0 saturated carbocycles. The molecule has 0 saturated heterocycles. The van der Waals surface area contributed by atoms with Gasteiger partial charge in [0.2, 0.25) is 0 Å². The van der Waals surface area contributed by atoms with Gasteiger partial charge in [-0.05, 0) is 36.0 Å². The van der Waals surface area contributed by atoms with E-state index in [1.165, 1.54) is 16.7 Å². The first-order valence-corrected chi connectivity index (χ1v) is 7.67. The second-order valence-electron chi connectivity index (χ2n) is 5.86. The van der Waals surface area contributed by atoms with E-state index < -0.39 is 0 Å². The van der Waals surface area contributed by atoms with Crippen molar-refractivity contribution in [2.24, 2.45) is 10.7 Å². The van der Waals surface area contributed by atoms with Crippen LogP contribution in [0.4, 0.5) is 0 Å². The first kappa shape index (κ1) is 13.2. The molecule has 5 heteroatoms. The first-order valence-electron chi connectivity index (χ1n) is 7.67. The summed E-state index contributed by atoms with van der Waals surface area (Å²) in [6.45, 7) is 0. The maximum atomic E-state index is 5.75. The maximum absolute atomic E-state index is 5.75. The summed E-state index contributed by atoms with van der Waals surface area (Å²) < 4.78 is 5.71. The highest BCUT2D eigenvalue weighted by Gasteiger charge is 2.32. The van der Waals surface area contributed by atoms with Crippen LogP contribution in [0.25, 0.3) is 11.1 Å². The lowest BCUT2D eigenvalue weighted by Crippen LogP contribution is -2.28. The van der Waals surface area contributed by atoms with Crippen LogP contribution in [0, 0.1) is 0 Å². The highest BCUT2D eigenvalue weighted by molar-refractivity contribution is 5.74. The summed E-state index contributed by atoms with van der Waals surface area (Å²) in [4.78, 5) is 12.7. The molecule has 2 aliphatic rings. The number of aromatic nitrogens is 2. The zero-order chi connectivity index (χ0) is 14.9. The van der Waals surface area contributed by atoms with E-state index in [0.29, 0.717) is 6.02 Å². The van der Waals surface area contributed by atoms with Crippen molar-refractivity contribution in [3.8, 4) is 11.1 Å². The number of fused-ring (bicyclic) bond motifs is 2. The third-order valence-corrected chi connectivity index (χ3v) is 4.49. The molecular formula is C17H18N4O. The van der Waals surface area contributed by atoms with E-state index in [0.717, 1.165) is 31.2 Å². The minimum Gasteiger partial charge on any atom is -0.459 e. The molecule has 22 heavy (non-hydrogen) atoms. The smallest absolute Gasteiger partial charge is 0.282 e. The van der Waals surface area contributed by atoms with Gasteiger partial charge in [0.05, 0.1) is 6.04 Å². The van der Waals surface area contributed by atoms with E-state index in [-0.39, 0.29) is 12.1 Å². The SMILES string of the molecule is NC1=NC2CCCc3c(cccc3-c3cncnc3)CC2O1. The van der Waals surface area contributed by atoms with Gasteiger partial charge in [0.15, 0.2) is 0 Å². The van der Waals surface area contributed by atoms with Crippen molar-refractivity contribution in [1.82, 2.24) is 9.97 Å². The van der Waals surface area contributed by atoms with Gasteiger partial charge in [-0.2, -0.15) is 0 Å². The number of ether oxygens (including phenoxy) is 1. The van der Waals surface area contributed by atoms with Crippen LogP contribution in [0.2, 0.25) is 0 Å². The predicted molar refractivity (Wildman–Crippen MR) is 84.4 cm³/mol. The fourth-order valence-electron chi connectivity index (χ4n) is 3.47. The molecule has 2 atom stereocenters. The molecule has 1 aromatic carbocycles. The number of hydrogen-bond acceptors (Lipinski definition) is 5. The quantitative estimate of drug-likeness (QED) is 0.874. The third kappa shape index (κ3) is 2.32. The molecule has 2 heterocycles. The largest absolute Gasteiger partial charge is 0.459 e. The van der Waals surface area contributed by atoms with E-state index >= 15 is 0 Å². The van der Waals surface area contributed by atoms with Crippen LogP contribution < -0.4 is 5.73 Å². The van der Waals surface area contributed by atoms with Crippen molar-refractivity contribution in [1.29, 1.82) is 0 Å². The lowest BCUT2D eigenvalue weighted by atomic mass is 9.86. The Morgan fingerprint density at radius 3 is 2.91 bits per heavy atom. The molecule has 0 spiro atoms. The maximum Gasteiger partial charge on any atom is 0.282 e. The van der Waals surface area contributed by atoms with Gasteiger partial charge in [-0.3, -0.25) is 0 Å². The first-order chi connectivity index (χ1) is 10.8. The number of aliphatic imine (C=N–C) groups is 1. The van der Waals surface area contributed by atoms with Gasteiger partial charge in [0, 0.05) is 24.4 Å². The van der Waals surface area contributed by atoms with Crippen LogP contribution in [0.15, 0.2) is 41.9 Å². The average molecular weight is 294 g/mol.